The Morgan fingerprint density at radius 3 is 2.58 bits per heavy atom. The Morgan fingerprint density at radius 2 is 1.77 bits per heavy atom. The molecule has 1 heterocycles. The quantitative estimate of drug-likeness (QED) is 0.384. The summed E-state index contributed by atoms with van der Waals surface area (Å²) >= 11 is 3.42. The number of hydrogen-bond acceptors (Lipinski definition) is 5. The molecule has 0 bridgehead atoms. The number of para-hydroxylation sites is 2. The molecule has 0 N–H and O–H groups in total. The van der Waals surface area contributed by atoms with Crippen LogP contribution in [0.25, 0.3) is 11.0 Å². The molecule has 0 atom stereocenters. The van der Waals surface area contributed by atoms with Crippen molar-refractivity contribution in [3.05, 3.63) is 83.9 Å². The number of benzene rings is 3. The first-order valence-electron chi connectivity index (χ1n) is 9.92. The molecule has 0 saturated carbocycles. The summed E-state index contributed by atoms with van der Waals surface area (Å²) in [6.07, 6.45) is 3.87. The van der Waals surface area contributed by atoms with Crippen LogP contribution >= 0.6 is 23.5 Å². The van der Waals surface area contributed by atoms with Gasteiger partial charge >= 0.3 is 6.09 Å². The Kier molecular flexibility index (Phi) is 6.89. The van der Waals surface area contributed by atoms with Gasteiger partial charge in [-0.3, -0.25) is 0 Å². The second-order valence-electron chi connectivity index (χ2n) is 6.96. The minimum atomic E-state index is -0.361. The summed E-state index contributed by atoms with van der Waals surface area (Å²) in [7, 11) is 1.76. The van der Waals surface area contributed by atoms with Crippen LogP contribution < -0.4 is 9.47 Å². The maximum atomic E-state index is 12.4. The Labute approximate surface area is 191 Å². The molecule has 0 saturated heterocycles. The van der Waals surface area contributed by atoms with Crippen molar-refractivity contribution >= 4 is 40.6 Å². The molecule has 1 aliphatic heterocycles. The van der Waals surface area contributed by atoms with Crippen LogP contribution in [0.5, 0.6) is 17.2 Å². The van der Waals surface area contributed by atoms with Crippen molar-refractivity contribution in [2.75, 3.05) is 25.6 Å². The number of thioether (sulfide) groups is 2. The minimum absolute atomic E-state index is 0.361. The number of amides is 1. The van der Waals surface area contributed by atoms with E-state index in [2.05, 4.69) is 30.5 Å². The van der Waals surface area contributed by atoms with Crippen LogP contribution in [0.1, 0.15) is 11.1 Å². The van der Waals surface area contributed by atoms with Gasteiger partial charge in [0.15, 0.2) is 0 Å². The normalized spacial score (nSPS) is 12.0. The van der Waals surface area contributed by atoms with Gasteiger partial charge < -0.3 is 14.4 Å². The highest BCUT2D eigenvalue weighted by atomic mass is 32.2. The molecule has 0 radical (unpaired) electrons. The van der Waals surface area contributed by atoms with Gasteiger partial charge in [-0.15, -0.1) is 23.5 Å². The van der Waals surface area contributed by atoms with E-state index >= 15 is 0 Å². The van der Waals surface area contributed by atoms with Gasteiger partial charge in [0, 0.05) is 40.3 Å². The maximum absolute atomic E-state index is 12.4. The summed E-state index contributed by atoms with van der Waals surface area (Å²) in [5.41, 5.74) is 2.12. The topological polar surface area (TPSA) is 38.8 Å². The monoisotopic (exact) mass is 449 g/mol. The van der Waals surface area contributed by atoms with Crippen LogP contribution in [0.15, 0.2) is 77.7 Å². The van der Waals surface area contributed by atoms with Crippen LogP contribution in [0, 0.1) is 0 Å². The molecule has 1 aliphatic rings. The number of ether oxygens (including phenoxy) is 2. The first-order valence-corrected chi connectivity index (χ1v) is 12.1. The smallest absolute Gasteiger partial charge is 0.414 e. The van der Waals surface area contributed by atoms with E-state index in [9.17, 15) is 4.79 Å². The van der Waals surface area contributed by atoms with Gasteiger partial charge in [-0.05, 0) is 48.7 Å². The van der Waals surface area contributed by atoms with Gasteiger partial charge in [-0.1, -0.05) is 36.4 Å². The van der Waals surface area contributed by atoms with E-state index in [-0.39, 0.29) is 6.09 Å². The molecule has 6 heteroatoms. The second kappa shape index (κ2) is 9.98. The van der Waals surface area contributed by atoms with Crippen molar-refractivity contribution in [2.45, 2.75) is 4.90 Å². The lowest BCUT2D eigenvalue weighted by Gasteiger charge is -2.17. The molecule has 4 nitrogen and oxygen atoms in total. The predicted octanol–water partition coefficient (Wildman–Crippen LogP) is 6.88. The lowest BCUT2D eigenvalue weighted by molar-refractivity contribution is 0.165. The molecule has 0 spiro atoms. The van der Waals surface area contributed by atoms with Crippen molar-refractivity contribution < 1.29 is 14.3 Å². The van der Waals surface area contributed by atoms with Crippen LogP contribution in [0.2, 0.25) is 0 Å². The number of rotatable bonds is 6. The van der Waals surface area contributed by atoms with E-state index < -0.39 is 0 Å². The van der Waals surface area contributed by atoms with Crippen LogP contribution in [-0.2, 0) is 0 Å². The molecular formula is C25H23NO3S2. The fraction of sp³-hybridized carbons (Fsp3) is 0.160. The number of carbonyl (C=O) groups is 1. The van der Waals surface area contributed by atoms with E-state index in [1.807, 2.05) is 42.5 Å². The molecule has 3 aromatic carbocycles. The SMILES string of the molecule is CSc1ccc2c(c1)C(SCCN(C)C(=O)Oc1ccccc1)=Cc1ccccc1O2. The Balaban J connectivity index is 1.48. The van der Waals surface area contributed by atoms with Crippen molar-refractivity contribution in [2.24, 2.45) is 0 Å². The zero-order valence-corrected chi connectivity index (χ0v) is 19.0. The van der Waals surface area contributed by atoms with E-state index in [0.29, 0.717) is 12.3 Å². The average molecular weight is 450 g/mol. The average Bonchev–Trinajstić information content (AvgIpc) is 2.95. The third-order valence-corrected chi connectivity index (χ3v) is 6.58. The number of carbonyl (C=O) groups excluding carboxylic acids is 1. The molecule has 31 heavy (non-hydrogen) atoms. The molecule has 0 aromatic heterocycles. The van der Waals surface area contributed by atoms with Crippen molar-refractivity contribution in [3.63, 3.8) is 0 Å². The molecule has 158 valence electrons. The lowest BCUT2D eigenvalue weighted by atomic mass is 10.1. The van der Waals surface area contributed by atoms with Gasteiger partial charge in [0.05, 0.1) is 0 Å². The number of hydrogen-bond donors (Lipinski definition) is 0. The first kappa shape index (κ1) is 21.4. The van der Waals surface area contributed by atoms with Gasteiger partial charge in [0.2, 0.25) is 0 Å². The van der Waals surface area contributed by atoms with Crippen LogP contribution in [-0.4, -0.2) is 36.6 Å². The molecule has 0 aliphatic carbocycles. The van der Waals surface area contributed by atoms with E-state index in [1.165, 1.54) is 4.90 Å². The number of fused-ring (bicyclic) bond motifs is 2. The third-order valence-electron chi connectivity index (χ3n) is 4.82. The van der Waals surface area contributed by atoms with Crippen molar-refractivity contribution in [1.29, 1.82) is 0 Å². The highest BCUT2D eigenvalue weighted by Gasteiger charge is 2.18. The van der Waals surface area contributed by atoms with Gasteiger partial charge in [-0.25, -0.2) is 4.79 Å². The van der Waals surface area contributed by atoms with Gasteiger partial charge in [0.1, 0.15) is 17.2 Å². The summed E-state index contributed by atoms with van der Waals surface area (Å²) < 4.78 is 11.6. The highest BCUT2D eigenvalue weighted by molar-refractivity contribution is 8.08. The fourth-order valence-corrected chi connectivity index (χ4v) is 4.67. The third kappa shape index (κ3) is 5.27. The summed E-state index contributed by atoms with van der Waals surface area (Å²) in [5.74, 6) is 2.97. The standard InChI is InChI=1S/C25H23NO3S2/c1-26(25(27)28-19-9-4-3-5-10-19)14-15-31-24-16-18-8-6-7-11-22(18)29-23-13-12-20(30-2)17-21(23)24/h3-13,16-17H,14-15H2,1-2H3. The van der Waals surface area contributed by atoms with E-state index in [0.717, 1.165) is 33.3 Å². The highest BCUT2D eigenvalue weighted by Crippen LogP contribution is 2.43. The summed E-state index contributed by atoms with van der Waals surface area (Å²) in [4.78, 5) is 16.3. The molecule has 0 unspecified atom stereocenters. The second-order valence-corrected chi connectivity index (χ2v) is 8.98. The first-order chi connectivity index (χ1) is 15.1. The molecule has 0 fully saturated rings. The number of nitrogens with zero attached hydrogens (tertiary/aromatic N) is 1. The zero-order chi connectivity index (χ0) is 21.6. The molecule has 4 rings (SSSR count). The summed E-state index contributed by atoms with van der Waals surface area (Å²) in [5, 5.41) is 0. The van der Waals surface area contributed by atoms with Gasteiger partial charge in [-0.2, -0.15) is 0 Å². The van der Waals surface area contributed by atoms with Crippen LogP contribution in [0.4, 0.5) is 4.79 Å². The lowest BCUT2D eigenvalue weighted by Crippen LogP contribution is -2.31. The van der Waals surface area contributed by atoms with E-state index in [4.69, 9.17) is 9.47 Å². The van der Waals surface area contributed by atoms with Crippen molar-refractivity contribution in [1.82, 2.24) is 4.90 Å². The molecular weight excluding hydrogens is 426 g/mol. The largest absolute Gasteiger partial charge is 0.456 e. The molecule has 3 aromatic rings. The van der Waals surface area contributed by atoms with E-state index in [1.54, 1.807) is 47.6 Å². The maximum Gasteiger partial charge on any atom is 0.414 e. The minimum Gasteiger partial charge on any atom is -0.456 e. The summed E-state index contributed by atoms with van der Waals surface area (Å²) in [6, 6.07) is 23.4. The van der Waals surface area contributed by atoms with Crippen molar-refractivity contribution in [3.8, 4) is 17.2 Å². The van der Waals surface area contributed by atoms with Crippen LogP contribution in [0.3, 0.4) is 0 Å². The molecule has 1 amide bonds. The fourth-order valence-electron chi connectivity index (χ4n) is 3.12. The van der Waals surface area contributed by atoms with Gasteiger partial charge in [0.25, 0.3) is 0 Å². The Hall–Kier alpha value is -2.83. The Morgan fingerprint density at radius 1 is 1.00 bits per heavy atom. The summed E-state index contributed by atoms with van der Waals surface area (Å²) in [6.45, 7) is 0.563. The zero-order valence-electron chi connectivity index (χ0n) is 17.4. The predicted molar refractivity (Wildman–Crippen MR) is 130 cm³/mol. The Bertz CT molecular complexity index is 1100.